The van der Waals surface area contributed by atoms with Crippen molar-refractivity contribution in [2.24, 2.45) is 0 Å². The van der Waals surface area contributed by atoms with E-state index in [1.165, 1.54) is 19.8 Å². The largest absolute Gasteiger partial charge is 0.492 e. The Morgan fingerprint density at radius 1 is 1.25 bits per heavy atom. The summed E-state index contributed by atoms with van der Waals surface area (Å²) in [6.07, 6.45) is 1.06. The van der Waals surface area contributed by atoms with E-state index >= 15 is 0 Å². The van der Waals surface area contributed by atoms with Crippen LogP contribution in [0.5, 0.6) is 5.75 Å². The molecule has 3 nitrogen and oxygen atoms in total. The molecule has 2 aromatic rings. The minimum atomic E-state index is 0.301. The molecule has 0 radical (unpaired) electrons. The van der Waals surface area contributed by atoms with Gasteiger partial charge in [-0.05, 0) is 70.8 Å². The summed E-state index contributed by atoms with van der Waals surface area (Å²) in [5.74, 6) is 0.994. The van der Waals surface area contributed by atoms with Gasteiger partial charge in [0.25, 0.3) is 0 Å². The molecule has 1 unspecified atom stereocenters. The third-order valence-electron chi connectivity index (χ3n) is 4.62. The second-order valence-electron chi connectivity index (χ2n) is 6.01. The zero-order chi connectivity index (χ0) is 16.9. The molecule has 3 rings (SSSR count). The minimum Gasteiger partial charge on any atom is -0.492 e. The van der Waals surface area contributed by atoms with Crippen LogP contribution in [0.15, 0.2) is 34.1 Å². The fourth-order valence-corrected chi connectivity index (χ4v) is 4.72. The number of hydrogen-bond donors (Lipinski definition) is 1. The molecule has 1 aromatic carbocycles. The maximum atomic E-state index is 5.98. The lowest BCUT2D eigenvalue weighted by Gasteiger charge is -2.27. The molecular formula is C19H25BrN2OS. The molecule has 130 valence electrons. The molecule has 0 spiro atoms. The fraction of sp³-hybridized carbons (Fsp3) is 0.474. The second kappa shape index (κ2) is 8.48. The van der Waals surface area contributed by atoms with E-state index in [1.54, 1.807) is 11.3 Å². The van der Waals surface area contributed by atoms with Crippen LogP contribution >= 0.6 is 27.3 Å². The van der Waals surface area contributed by atoms with Crippen molar-refractivity contribution in [1.29, 1.82) is 0 Å². The Morgan fingerprint density at radius 3 is 2.79 bits per heavy atom. The summed E-state index contributed by atoms with van der Waals surface area (Å²) in [6.45, 7) is 9.28. The van der Waals surface area contributed by atoms with Crippen LogP contribution in [0.25, 0.3) is 0 Å². The van der Waals surface area contributed by atoms with E-state index in [1.807, 2.05) is 0 Å². The highest BCUT2D eigenvalue weighted by atomic mass is 79.9. The molecule has 24 heavy (non-hydrogen) atoms. The van der Waals surface area contributed by atoms with Gasteiger partial charge in [0.1, 0.15) is 12.4 Å². The number of nitrogens with one attached hydrogen (secondary N) is 1. The number of thiophene rings is 1. The van der Waals surface area contributed by atoms with Gasteiger partial charge in [-0.1, -0.05) is 19.9 Å². The lowest BCUT2D eigenvalue weighted by Crippen LogP contribution is -2.30. The smallest absolute Gasteiger partial charge is 0.119 e. The van der Waals surface area contributed by atoms with Crippen LogP contribution in [-0.4, -0.2) is 37.7 Å². The van der Waals surface area contributed by atoms with Crippen molar-refractivity contribution in [2.45, 2.75) is 26.3 Å². The van der Waals surface area contributed by atoms with Crippen molar-refractivity contribution in [3.8, 4) is 5.75 Å². The Bertz CT molecular complexity index is 669. The third kappa shape index (κ3) is 4.20. The quantitative estimate of drug-likeness (QED) is 0.731. The van der Waals surface area contributed by atoms with E-state index in [0.29, 0.717) is 6.04 Å². The highest BCUT2D eigenvalue weighted by Gasteiger charge is 2.22. The van der Waals surface area contributed by atoms with Crippen LogP contribution in [0.3, 0.4) is 0 Å². The predicted molar refractivity (Wildman–Crippen MR) is 105 cm³/mol. The first-order valence-electron chi connectivity index (χ1n) is 8.67. The molecular weight excluding hydrogens is 384 g/mol. The van der Waals surface area contributed by atoms with Gasteiger partial charge in [-0.2, -0.15) is 0 Å². The molecule has 5 heteroatoms. The number of benzene rings is 1. The van der Waals surface area contributed by atoms with Gasteiger partial charge in [-0.15, -0.1) is 11.3 Å². The summed E-state index contributed by atoms with van der Waals surface area (Å²) >= 11 is 5.37. The maximum Gasteiger partial charge on any atom is 0.119 e. The molecule has 0 bridgehead atoms. The summed E-state index contributed by atoms with van der Waals surface area (Å²) in [6, 6.07) is 11.2. The lowest BCUT2D eigenvalue weighted by molar-refractivity contribution is 0.222. The van der Waals surface area contributed by atoms with Crippen molar-refractivity contribution in [2.75, 3.05) is 32.8 Å². The van der Waals surface area contributed by atoms with Gasteiger partial charge < -0.3 is 15.0 Å². The molecule has 1 aromatic heterocycles. The van der Waals surface area contributed by atoms with Crippen LogP contribution in [0.1, 0.15) is 35.9 Å². The van der Waals surface area contributed by atoms with Crippen molar-refractivity contribution < 1.29 is 4.74 Å². The normalized spacial score (nSPS) is 17.1. The molecule has 1 atom stereocenters. The van der Waals surface area contributed by atoms with E-state index in [4.69, 9.17) is 4.74 Å². The van der Waals surface area contributed by atoms with Crippen LogP contribution in [0.4, 0.5) is 0 Å². The predicted octanol–water partition coefficient (Wildman–Crippen LogP) is 4.47. The summed E-state index contributed by atoms with van der Waals surface area (Å²) in [7, 11) is 0. The van der Waals surface area contributed by atoms with E-state index in [2.05, 4.69) is 70.3 Å². The number of fused-ring (bicyclic) bond motifs is 1. The number of hydrogen-bond acceptors (Lipinski definition) is 4. The Morgan fingerprint density at radius 2 is 2.08 bits per heavy atom. The summed E-state index contributed by atoms with van der Waals surface area (Å²) in [4.78, 5) is 3.74. The highest BCUT2D eigenvalue weighted by molar-refractivity contribution is 9.11. The fourth-order valence-electron chi connectivity index (χ4n) is 3.20. The average molecular weight is 409 g/mol. The second-order valence-corrected chi connectivity index (χ2v) is 8.51. The molecule has 1 aliphatic heterocycles. The average Bonchev–Trinajstić information content (AvgIpc) is 3.04. The summed E-state index contributed by atoms with van der Waals surface area (Å²) < 4.78 is 7.17. The van der Waals surface area contributed by atoms with E-state index in [-0.39, 0.29) is 0 Å². The van der Waals surface area contributed by atoms with Gasteiger partial charge in [0.2, 0.25) is 0 Å². The topological polar surface area (TPSA) is 24.5 Å². The molecule has 1 N–H and O–H groups in total. The monoisotopic (exact) mass is 408 g/mol. The number of rotatable bonds is 7. The van der Waals surface area contributed by atoms with Crippen LogP contribution in [-0.2, 0) is 6.42 Å². The Hall–Kier alpha value is -0.880. The summed E-state index contributed by atoms with van der Waals surface area (Å²) in [5.41, 5.74) is 2.79. The van der Waals surface area contributed by atoms with Crippen LogP contribution in [0, 0.1) is 0 Å². The van der Waals surface area contributed by atoms with E-state index in [9.17, 15) is 0 Å². The third-order valence-corrected chi connectivity index (χ3v) is 6.31. The molecule has 0 saturated carbocycles. The minimum absolute atomic E-state index is 0.301. The Labute approximate surface area is 157 Å². The van der Waals surface area contributed by atoms with E-state index in [0.717, 1.165) is 45.0 Å². The van der Waals surface area contributed by atoms with Gasteiger partial charge in [0.05, 0.1) is 9.83 Å². The maximum absolute atomic E-state index is 5.98. The van der Waals surface area contributed by atoms with Gasteiger partial charge in [0.15, 0.2) is 0 Å². The standard InChI is InChI=1S/C19H25BrN2OS/c1-3-22(4-2)11-12-23-15-5-6-16-14(13-15)9-10-21-19(16)17-7-8-18(20)24-17/h5-8,13,19,21H,3-4,9-12H2,1-2H3. The van der Waals surface area contributed by atoms with Gasteiger partial charge in [-0.25, -0.2) is 0 Å². The Kier molecular flexibility index (Phi) is 6.33. The molecule has 0 fully saturated rings. The zero-order valence-electron chi connectivity index (χ0n) is 14.3. The van der Waals surface area contributed by atoms with Crippen molar-refractivity contribution in [3.05, 3.63) is 50.1 Å². The Balaban J connectivity index is 1.69. The van der Waals surface area contributed by atoms with Gasteiger partial charge in [-0.3, -0.25) is 0 Å². The van der Waals surface area contributed by atoms with Gasteiger partial charge in [0, 0.05) is 18.0 Å². The zero-order valence-corrected chi connectivity index (χ0v) is 16.8. The molecule has 2 heterocycles. The molecule has 1 aliphatic rings. The number of ether oxygens (including phenoxy) is 1. The molecule has 0 saturated heterocycles. The number of halogens is 1. The first-order chi connectivity index (χ1) is 11.7. The lowest BCUT2D eigenvalue weighted by atomic mass is 9.93. The van der Waals surface area contributed by atoms with Crippen molar-refractivity contribution in [3.63, 3.8) is 0 Å². The molecule has 0 aliphatic carbocycles. The van der Waals surface area contributed by atoms with Gasteiger partial charge >= 0.3 is 0 Å². The number of likely N-dealkylation sites (N-methyl/N-ethyl adjacent to an activating group) is 1. The molecule has 0 amide bonds. The van der Waals surface area contributed by atoms with Crippen LogP contribution < -0.4 is 10.1 Å². The highest BCUT2D eigenvalue weighted by Crippen LogP contribution is 2.35. The summed E-state index contributed by atoms with van der Waals surface area (Å²) in [5, 5.41) is 3.64. The van der Waals surface area contributed by atoms with E-state index < -0.39 is 0 Å². The van der Waals surface area contributed by atoms with Crippen LogP contribution in [0.2, 0.25) is 0 Å². The SMILES string of the molecule is CCN(CC)CCOc1ccc2c(c1)CCNC2c1ccc(Br)s1. The van der Waals surface area contributed by atoms with Crippen molar-refractivity contribution in [1.82, 2.24) is 10.2 Å². The first-order valence-corrected chi connectivity index (χ1v) is 10.3. The number of nitrogens with zero attached hydrogens (tertiary/aromatic N) is 1. The van der Waals surface area contributed by atoms with Crippen molar-refractivity contribution >= 4 is 27.3 Å². The first kappa shape index (κ1) is 17.9.